The number of hydrogen-bond donors (Lipinski definition) is 1. The van der Waals surface area contributed by atoms with Gasteiger partial charge in [0.15, 0.2) is 9.84 Å². The Morgan fingerprint density at radius 1 is 1.15 bits per heavy atom. The van der Waals surface area contributed by atoms with E-state index in [1.165, 1.54) is 11.8 Å². The molecule has 1 fully saturated rings. The van der Waals surface area contributed by atoms with Crippen molar-refractivity contribution in [2.75, 3.05) is 19.3 Å². The Bertz CT molecular complexity index is 544. The monoisotopic (exact) mass is 296 g/mol. The van der Waals surface area contributed by atoms with Crippen LogP contribution in [0.4, 0.5) is 0 Å². The Hall–Kier alpha value is -0.910. The van der Waals surface area contributed by atoms with Crippen molar-refractivity contribution in [1.29, 1.82) is 0 Å². The van der Waals surface area contributed by atoms with Crippen molar-refractivity contribution in [3.05, 3.63) is 29.8 Å². The first kappa shape index (κ1) is 15.5. The van der Waals surface area contributed by atoms with Gasteiger partial charge < -0.3 is 5.32 Å². The number of benzene rings is 1. The second kappa shape index (κ2) is 5.84. The van der Waals surface area contributed by atoms with Crippen molar-refractivity contribution in [3.8, 4) is 0 Å². The van der Waals surface area contributed by atoms with Gasteiger partial charge in [0.25, 0.3) is 0 Å². The minimum absolute atomic E-state index is 0.301. The summed E-state index contributed by atoms with van der Waals surface area (Å²) in [5.41, 5.74) is 1.17. The summed E-state index contributed by atoms with van der Waals surface area (Å²) < 4.78 is 23.0. The smallest absolute Gasteiger partial charge is 0.175 e. The lowest BCUT2D eigenvalue weighted by atomic mass is 10.0. The van der Waals surface area contributed by atoms with E-state index in [-0.39, 0.29) is 0 Å². The van der Waals surface area contributed by atoms with E-state index in [9.17, 15) is 8.42 Å². The molecule has 0 amide bonds. The lowest BCUT2D eigenvalue weighted by Gasteiger charge is -2.39. The van der Waals surface area contributed by atoms with E-state index >= 15 is 0 Å². The highest BCUT2D eigenvalue weighted by molar-refractivity contribution is 7.90. The lowest BCUT2D eigenvalue weighted by Crippen LogP contribution is -2.54. The maximum absolute atomic E-state index is 11.5. The van der Waals surface area contributed by atoms with Gasteiger partial charge in [0, 0.05) is 37.5 Å². The zero-order chi connectivity index (χ0) is 14.9. The molecule has 20 heavy (non-hydrogen) atoms. The van der Waals surface area contributed by atoms with Crippen molar-refractivity contribution in [2.45, 2.75) is 43.8 Å². The molecule has 0 aliphatic carbocycles. The van der Waals surface area contributed by atoms with E-state index in [0.29, 0.717) is 23.0 Å². The van der Waals surface area contributed by atoms with E-state index in [1.54, 1.807) is 12.1 Å². The second-order valence-electron chi connectivity index (χ2n) is 5.94. The molecule has 0 bridgehead atoms. The summed E-state index contributed by atoms with van der Waals surface area (Å²) in [6.45, 7) is 8.60. The van der Waals surface area contributed by atoms with E-state index in [1.807, 2.05) is 12.1 Å². The summed E-state index contributed by atoms with van der Waals surface area (Å²) >= 11 is 0. The van der Waals surface area contributed by atoms with Crippen LogP contribution in [0.3, 0.4) is 0 Å². The molecule has 1 saturated heterocycles. The molecule has 1 N–H and O–H groups in total. The number of nitrogens with one attached hydrogen (secondary N) is 1. The first-order valence-electron chi connectivity index (χ1n) is 7.07. The van der Waals surface area contributed by atoms with E-state index in [0.717, 1.165) is 13.1 Å². The van der Waals surface area contributed by atoms with Crippen LogP contribution in [0.1, 0.15) is 32.4 Å². The molecule has 3 atom stereocenters. The Labute approximate surface area is 122 Å². The van der Waals surface area contributed by atoms with Crippen molar-refractivity contribution >= 4 is 9.84 Å². The molecule has 0 spiro atoms. The SMILES string of the molecule is CC1CN(C(C)c2ccc(S(C)(=O)=O)cc2)CC(C)N1. The quantitative estimate of drug-likeness (QED) is 0.924. The number of nitrogens with zero attached hydrogens (tertiary/aromatic N) is 1. The molecular formula is C15H24N2O2S. The molecule has 1 aromatic carbocycles. The van der Waals surface area contributed by atoms with Gasteiger partial charge in [-0.25, -0.2) is 8.42 Å². The Balaban J connectivity index is 2.15. The minimum Gasteiger partial charge on any atom is -0.309 e. The summed E-state index contributed by atoms with van der Waals surface area (Å²) in [6, 6.07) is 8.53. The van der Waals surface area contributed by atoms with Crippen molar-refractivity contribution in [2.24, 2.45) is 0 Å². The molecule has 1 aliphatic heterocycles. The van der Waals surface area contributed by atoms with Crippen LogP contribution in [-0.4, -0.2) is 44.7 Å². The van der Waals surface area contributed by atoms with E-state index < -0.39 is 9.84 Å². The third-order valence-corrected chi connectivity index (χ3v) is 5.05. The third-order valence-electron chi connectivity index (χ3n) is 3.92. The zero-order valence-corrected chi connectivity index (χ0v) is 13.4. The van der Waals surface area contributed by atoms with Crippen LogP contribution in [-0.2, 0) is 9.84 Å². The van der Waals surface area contributed by atoms with Gasteiger partial charge in [-0.05, 0) is 38.5 Å². The highest BCUT2D eigenvalue weighted by atomic mass is 32.2. The maximum atomic E-state index is 11.5. The predicted molar refractivity (Wildman–Crippen MR) is 81.6 cm³/mol. The number of sulfone groups is 1. The van der Waals surface area contributed by atoms with Gasteiger partial charge in [-0.15, -0.1) is 0 Å². The molecule has 2 rings (SSSR count). The van der Waals surface area contributed by atoms with E-state index in [4.69, 9.17) is 0 Å². The number of piperazine rings is 1. The second-order valence-corrected chi connectivity index (χ2v) is 7.96. The maximum Gasteiger partial charge on any atom is 0.175 e. The molecule has 1 aromatic rings. The van der Waals surface area contributed by atoms with Crippen LogP contribution in [0.2, 0.25) is 0 Å². The molecule has 0 aromatic heterocycles. The van der Waals surface area contributed by atoms with Gasteiger partial charge in [0.05, 0.1) is 4.90 Å². The van der Waals surface area contributed by atoms with Gasteiger partial charge >= 0.3 is 0 Å². The standard InChI is InChI=1S/C15H24N2O2S/c1-11-9-17(10-12(2)16-11)13(3)14-5-7-15(8-6-14)20(4,18)19/h5-8,11-13,16H,9-10H2,1-4H3. The molecule has 3 unspecified atom stereocenters. The molecule has 0 saturated carbocycles. The zero-order valence-electron chi connectivity index (χ0n) is 12.6. The third kappa shape index (κ3) is 3.59. The van der Waals surface area contributed by atoms with Crippen molar-refractivity contribution in [1.82, 2.24) is 10.2 Å². The highest BCUT2D eigenvalue weighted by Crippen LogP contribution is 2.23. The number of rotatable bonds is 3. The molecule has 0 radical (unpaired) electrons. The molecule has 1 aliphatic rings. The first-order chi connectivity index (χ1) is 9.27. The predicted octanol–water partition coefficient (Wildman–Crippen LogP) is 1.83. The molecule has 112 valence electrons. The fourth-order valence-electron chi connectivity index (χ4n) is 2.89. The molecule has 4 nitrogen and oxygen atoms in total. The van der Waals surface area contributed by atoms with Crippen LogP contribution >= 0.6 is 0 Å². The normalized spacial score (nSPS) is 26.4. The van der Waals surface area contributed by atoms with Crippen LogP contribution < -0.4 is 5.32 Å². The fourth-order valence-corrected chi connectivity index (χ4v) is 3.52. The minimum atomic E-state index is -3.11. The van der Waals surface area contributed by atoms with Crippen molar-refractivity contribution < 1.29 is 8.42 Å². The summed E-state index contributed by atoms with van der Waals surface area (Å²) in [5.74, 6) is 0. The van der Waals surface area contributed by atoms with Crippen LogP contribution in [0, 0.1) is 0 Å². The fraction of sp³-hybridized carbons (Fsp3) is 0.600. The summed E-state index contributed by atoms with van der Waals surface area (Å²) in [5, 5.41) is 3.52. The summed E-state index contributed by atoms with van der Waals surface area (Å²) in [4.78, 5) is 2.83. The average molecular weight is 296 g/mol. The Kier molecular flexibility index (Phi) is 4.52. The largest absolute Gasteiger partial charge is 0.309 e. The summed E-state index contributed by atoms with van der Waals surface area (Å²) in [6.07, 6.45) is 1.24. The van der Waals surface area contributed by atoms with Crippen LogP contribution in [0.25, 0.3) is 0 Å². The topological polar surface area (TPSA) is 49.4 Å². The summed E-state index contributed by atoms with van der Waals surface area (Å²) in [7, 11) is -3.11. The molecular weight excluding hydrogens is 272 g/mol. The Morgan fingerprint density at radius 2 is 1.65 bits per heavy atom. The van der Waals surface area contributed by atoms with E-state index in [2.05, 4.69) is 31.0 Å². The average Bonchev–Trinajstić information content (AvgIpc) is 2.36. The van der Waals surface area contributed by atoms with Gasteiger partial charge in [0.1, 0.15) is 0 Å². The number of hydrogen-bond acceptors (Lipinski definition) is 4. The lowest BCUT2D eigenvalue weighted by molar-refractivity contribution is 0.131. The molecule has 5 heteroatoms. The first-order valence-corrected chi connectivity index (χ1v) is 8.96. The van der Waals surface area contributed by atoms with Gasteiger partial charge in [-0.2, -0.15) is 0 Å². The van der Waals surface area contributed by atoms with Gasteiger partial charge in [-0.1, -0.05) is 12.1 Å². The van der Waals surface area contributed by atoms with Crippen LogP contribution in [0.15, 0.2) is 29.2 Å². The van der Waals surface area contributed by atoms with Crippen molar-refractivity contribution in [3.63, 3.8) is 0 Å². The van der Waals surface area contributed by atoms with Gasteiger partial charge in [-0.3, -0.25) is 4.90 Å². The van der Waals surface area contributed by atoms with Crippen LogP contribution in [0.5, 0.6) is 0 Å². The molecule has 1 heterocycles. The highest BCUT2D eigenvalue weighted by Gasteiger charge is 2.25. The Morgan fingerprint density at radius 3 is 2.10 bits per heavy atom. The van der Waals surface area contributed by atoms with Gasteiger partial charge in [0.2, 0.25) is 0 Å².